The molecule has 0 atom stereocenters. The Morgan fingerprint density at radius 2 is 1.95 bits per heavy atom. The third-order valence-electron chi connectivity index (χ3n) is 2.90. The smallest absolute Gasteiger partial charge is 0.263 e. The second-order valence-electron chi connectivity index (χ2n) is 4.39. The van der Waals surface area contributed by atoms with Crippen molar-refractivity contribution >= 4 is 27.3 Å². The zero-order valence-corrected chi connectivity index (χ0v) is 12.7. The van der Waals surface area contributed by atoms with E-state index < -0.39 is 15.8 Å². The number of anilines is 1. The van der Waals surface area contributed by atoms with Crippen molar-refractivity contribution in [3.8, 4) is 5.75 Å². The van der Waals surface area contributed by atoms with E-state index in [0.29, 0.717) is 6.42 Å². The summed E-state index contributed by atoms with van der Waals surface area (Å²) in [7, 11) is -4.10. The Balaban J connectivity index is 2.44. The second-order valence-corrected chi connectivity index (χ2v) is 6.44. The Bertz CT molecular complexity index is 778. The van der Waals surface area contributed by atoms with Crippen molar-refractivity contribution in [3.05, 3.63) is 52.8 Å². The number of hydrogen-bond acceptors (Lipinski definition) is 3. The lowest BCUT2D eigenvalue weighted by atomic mass is 10.1. The monoisotopic (exact) mass is 329 g/mol. The van der Waals surface area contributed by atoms with E-state index in [4.69, 9.17) is 11.6 Å². The van der Waals surface area contributed by atoms with Crippen molar-refractivity contribution in [3.63, 3.8) is 0 Å². The molecule has 0 spiro atoms. The summed E-state index contributed by atoms with van der Waals surface area (Å²) >= 11 is 5.80. The van der Waals surface area contributed by atoms with E-state index in [1.807, 2.05) is 6.92 Å². The molecule has 0 saturated carbocycles. The number of sulfonamides is 1. The standard InChI is InChI=1S/C14H13ClFNO3S/c1-2-9-3-6-13(18)12(7-9)17-21(19,20)14-8-10(16)4-5-11(14)15/h3-8,17-18H,2H2,1H3. The zero-order valence-electron chi connectivity index (χ0n) is 11.1. The van der Waals surface area contributed by atoms with Crippen LogP contribution >= 0.6 is 11.6 Å². The molecule has 0 aliphatic carbocycles. The van der Waals surface area contributed by atoms with Gasteiger partial charge in [-0.05, 0) is 42.3 Å². The highest BCUT2D eigenvalue weighted by Crippen LogP contribution is 2.29. The molecule has 0 amide bonds. The van der Waals surface area contributed by atoms with Crippen LogP contribution in [0.4, 0.5) is 10.1 Å². The minimum Gasteiger partial charge on any atom is -0.506 e. The van der Waals surface area contributed by atoms with E-state index in [1.165, 1.54) is 12.1 Å². The van der Waals surface area contributed by atoms with Gasteiger partial charge in [-0.15, -0.1) is 0 Å². The van der Waals surface area contributed by atoms with Crippen molar-refractivity contribution < 1.29 is 17.9 Å². The minimum atomic E-state index is -4.10. The molecule has 0 unspecified atom stereocenters. The van der Waals surface area contributed by atoms with Crippen LogP contribution in [0.25, 0.3) is 0 Å². The van der Waals surface area contributed by atoms with Gasteiger partial charge in [-0.3, -0.25) is 4.72 Å². The average molecular weight is 330 g/mol. The largest absolute Gasteiger partial charge is 0.506 e. The third-order valence-corrected chi connectivity index (χ3v) is 4.74. The Hall–Kier alpha value is -1.79. The molecular formula is C14H13ClFNO3S. The summed E-state index contributed by atoms with van der Waals surface area (Å²) in [6.45, 7) is 1.90. The topological polar surface area (TPSA) is 66.4 Å². The number of benzene rings is 2. The summed E-state index contributed by atoms with van der Waals surface area (Å²) in [6, 6.07) is 7.64. The van der Waals surface area contributed by atoms with Gasteiger partial charge in [0, 0.05) is 0 Å². The third kappa shape index (κ3) is 3.46. The van der Waals surface area contributed by atoms with E-state index >= 15 is 0 Å². The molecule has 4 nitrogen and oxygen atoms in total. The molecule has 0 aliphatic rings. The van der Waals surface area contributed by atoms with Gasteiger partial charge >= 0.3 is 0 Å². The summed E-state index contributed by atoms with van der Waals surface area (Å²) in [5.41, 5.74) is 0.866. The van der Waals surface area contributed by atoms with Gasteiger partial charge in [-0.25, -0.2) is 12.8 Å². The van der Waals surface area contributed by atoms with Crippen LogP contribution in [-0.2, 0) is 16.4 Å². The fraction of sp³-hybridized carbons (Fsp3) is 0.143. The fourth-order valence-electron chi connectivity index (χ4n) is 1.77. The molecule has 2 aromatic rings. The molecule has 0 bridgehead atoms. The van der Waals surface area contributed by atoms with E-state index in [-0.39, 0.29) is 21.4 Å². The second kappa shape index (κ2) is 5.91. The zero-order chi connectivity index (χ0) is 15.6. The summed E-state index contributed by atoms with van der Waals surface area (Å²) in [4.78, 5) is -0.384. The molecule has 2 aromatic carbocycles. The van der Waals surface area contributed by atoms with Crippen molar-refractivity contribution in [2.75, 3.05) is 4.72 Å². The molecule has 21 heavy (non-hydrogen) atoms. The predicted molar refractivity (Wildman–Crippen MR) is 79.7 cm³/mol. The van der Waals surface area contributed by atoms with E-state index in [1.54, 1.807) is 6.07 Å². The fourth-order valence-corrected chi connectivity index (χ4v) is 3.35. The number of phenols is 1. The first-order valence-corrected chi connectivity index (χ1v) is 7.99. The highest BCUT2D eigenvalue weighted by atomic mass is 35.5. The molecule has 0 saturated heterocycles. The van der Waals surface area contributed by atoms with Crippen LogP contribution < -0.4 is 4.72 Å². The number of halogens is 2. The van der Waals surface area contributed by atoms with Gasteiger partial charge in [-0.2, -0.15) is 0 Å². The highest BCUT2D eigenvalue weighted by Gasteiger charge is 2.20. The van der Waals surface area contributed by atoms with Crippen LogP contribution in [0.15, 0.2) is 41.3 Å². The number of aromatic hydroxyl groups is 1. The van der Waals surface area contributed by atoms with Gasteiger partial charge < -0.3 is 5.11 Å². The van der Waals surface area contributed by atoms with Gasteiger partial charge in [0.15, 0.2) is 0 Å². The molecule has 0 fully saturated rings. The van der Waals surface area contributed by atoms with Crippen molar-refractivity contribution in [1.29, 1.82) is 0 Å². The van der Waals surface area contributed by atoms with Crippen LogP contribution in [0.3, 0.4) is 0 Å². The van der Waals surface area contributed by atoms with Gasteiger partial charge in [0.1, 0.15) is 16.5 Å². The maximum absolute atomic E-state index is 13.2. The van der Waals surface area contributed by atoms with Crippen molar-refractivity contribution in [1.82, 2.24) is 0 Å². The molecular weight excluding hydrogens is 317 g/mol. The first-order chi connectivity index (χ1) is 9.83. The van der Waals surface area contributed by atoms with Crippen LogP contribution in [0, 0.1) is 5.82 Å². The van der Waals surface area contributed by atoms with Gasteiger partial charge in [0.25, 0.3) is 10.0 Å². The van der Waals surface area contributed by atoms with E-state index in [0.717, 1.165) is 23.8 Å². The minimum absolute atomic E-state index is 0.0228. The van der Waals surface area contributed by atoms with Gasteiger partial charge in [0.2, 0.25) is 0 Å². The first-order valence-electron chi connectivity index (χ1n) is 6.13. The van der Waals surface area contributed by atoms with Gasteiger partial charge in [0.05, 0.1) is 10.7 Å². The molecule has 0 radical (unpaired) electrons. The summed E-state index contributed by atoms with van der Waals surface area (Å²) < 4.78 is 39.9. The number of aryl methyl sites for hydroxylation is 1. The molecule has 112 valence electrons. The molecule has 0 heterocycles. The van der Waals surface area contributed by atoms with Crippen LogP contribution in [0.5, 0.6) is 5.75 Å². The average Bonchev–Trinajstić information content (AvgIpc) is 2.43. The lowest BCUT2D eigenvalue weighted by molar-refractivity contribution is 0.477. The molecule has 0 aromatic heterocycles. The Kier molecular flexibility index (Phi) is 4.39. The quantitative estimate of drug-likeness (QED) is 0.843. The lowest BCUT2D eigenvalue weighted by Crippen LogP contribution is -2.14. The van der Waals surface area contributed by atoms with Gasteiger partial charge in [-0.1, -0.05) is 24.6 Å². The SMILES string of the molecule is CCc1ccc(O)c(NS(=O)(=O)c2cc(F)ccc2Cl)c1. The number of rotatable bonds is 4. The summed E-state index contributed by atoms with van der Waals surface area (Å²) in [6.07, 6.45) is 0.676. The van der Waals surface area contributed by atoms with E-state index in [9.17, 15) is 17.9 Å². The Labute approximate surface area is 127 Å². The number of phenolic OH excluding ortho intramolecular Hbond substituents is 1. The molecule has 2 N–H and O–H groups in total. The van der Waals surface area contributed by atoms with E-state index in [2.05, 4.69) is 4.72 Å². The van der Waals surface area contributed by atoms with Crippen molar-refractivity contribution in [2.24, 2.45) is 0 Å². The normalized spacial score (nSPS) is 11.4. The van der Waals surface area contributed by atoms with Crippen LogP contribution in [-0.4, -0.2) is 13.5 Å². The lowest BCUT2D eigenvalue weighted by Gasteiger charge is -2.12. The first kappa shape index (κ1) is 15.6. The number of nitrogens with one attached hydrogen (secondary N) is 1. The Morgan fingerprint density at radius 3 is 2.62 bits per heavy atom. The molecule has 0 aliphatic heterocycles. The Morgan fingerprint density at radius 1 is 1.24 bits per heavy atom. The van der Waals surface area contributed by atoms with Crippen LogP contribution in [0.1, 0.15) is 12.5 Å². The molecule has 2 rings (SSSR count). The van der Waals surface area contributed by atoms with Crippen LogP contribution in [0.2, 0.25) is 5.02 Å². The van der Waals surface area contributed by atoms with Crippen molar-refractivity contribution in [2.45, 2.75) is 18.2 Å². The maximum Gasteiger partial charge on any atom is 0.263 e. The highest BCUT2D eigenvalue weighted by molar-refractivity contribution is 7.92. The number of hydrogen-bond donors (Lipinski definition) is 2. The maximum atomic E-state index is 13.2. The molecule has 7 heteroatoms. The summed E-state index contributed by atoms with van der Waals surface area (Å²) in [5.74, 6) is -0.936. The predicted octanol–water partition coefficient (Wildman–Crippen LogP) is 3.55. The summed E-state index contributed by atoms with van der Waals surface area (Å²) in [5, 5.41) is 9.63.